The van der Waals surface area contributed by atoms with E-state index >= 15 is 0 Å². The Labute approximate surface area is 128 Å². The number of halogens is 1. The molecule has 0 aliphatic carbocycles. The van der Waals surface area contributed by atoms with Crippen LogP contribution < -0.4 is 15.2 Å². The number of methoxy groups -OCH3 is 1. The number of sulfonamides is 1. The molecule has 7 heteroatoms. The Kier molecular flexibility index (Phi) is 4.29. The average Bonchev–Trinajstić information content (AvgIpc) is 2.43. The van der Waals surface area contributed by atoms with E-state index in [1.807, 2.05) is 0 Å². The van der Waals surface area contributed by atoms with Gasteiger partial charge in [-0.3, -0.25) is 4.72 Å². The summed E-state index contributed by atoms with van der Waals surface area (Å²) in [7, 11) is -2.22. The quantitative estimate of drug-likeness (QED) is 0.846. The third-order valence-electron chi connectivity index (χ3n) is 3.00. The number of anilines is 2. The van der Waals surface area contributed by atoms with Crippen molar-refractivity contribution in [3.05, 3.63) is 47.0 Å². The lowest BCUT2D eigenvalue weighted by molar-refractivity contribution is 0.415. The van der Waals surface area contributed by atoms with Crippen LogP contribution in [0.1, 0.15) is 5.56 Å². The Bertz CT molecular complexity index is 759. The van der Waals surface area contributed by atoms with Crippen molar-refractivity contribution < 1.29 is 13.2 Å². The standard InChI is InChI=1S/C14H15ClN2O3S/c1-9-13(16)7-10(15)8-14(9)21(18,19)17-11-3-5-12(20-2)6-4-11/h3-8,17H,16H2,1-2H3. The van der Waals surface area contributed by atoms with Gasteiger partial charge in [-0.05, 0) is 48.9 Å². The fourth-order valence-electron chi connectivity index (χ4n) is 1.82. The van der Waals surface area contributed by atoms with Crippen LogP contribution in [0.15, 0.2) is 41.3 Å². The molecule has 0 atom stereocenters. The van der Waals surface area contributed by atoms with Crippen molar-refractivity contribution in [3.8, 4) is 5.75 Å². The van der Waals surface area contributed by atoms with Gasteiger partial charge >= 0.3 is 0 Å². The van der Waals surface area contributed by atoms with Crippen LogP contribution in [0.3, 0.4) is 0 Å². The highest BCUT2D eigenvalue weighted by Gasteiger charge is 2.19. The van der Waals surface area contributed by atoms with Crippen molar-refractivity contribution in [1.82, 2.24) is 0 Å². The van der Waals surface area contributed by atoms with Gasteiger partial charge in [0.05, 0.1) is 12.0 Å². The molecule has 0 aliphatic heterocycles. The van der Waals surface area contributed by atoms with Crippen LogP contribution in [0, 0.1) is 6.92 Å². The van der Waals surface area contributed by atoms with Crippen LogP contribution in [0.4, 0.5) is 11.4 Å². The van der Waals surface area contributed by atoms with Gasteiger partial charge < -0.3 is 10.5 Å². The zero-order valence-electron chi connectivity index (χ0n) is 11.6. The first-order chi connectivity index (χ1) is 9.83. The molecule has 0 unspecified atom stereocenters. The van der Waals surface area contributed by atoms with E-state index in [0.29, 0.717) is 22.7 Å². The Balaban J connectivity index is 2.38. The van der Waals surface area contributed by atoms with Crippen LogP contribution in [0.5, 0.6) is 5.75 Å². The van der Waals surface area contributed by atoms with Crippen molar-refractivity contribution in [2.75, 3.05) is 17.6 Å². The van der Waals surface area contributed by atoms with E-state index in [1.165, 1.54) is 19.2 Å². The maximum Gasteiger partial charge on any atom is 0.262 e. The van der Waals surface area contributed by atoms with Gasteiger partial charge in [0.1, 0.15) is 5.75 Å². The lowest BCUT2D eigenvalue weighted by Crippen LogP contribution is -2.15. The van der Waals surface area contributed by atoms with E-state index in [-0.39, 0.29) is 9.92 Å². The molecule has 0 bridgehead atoms. The van der Waals surface area contributed by atoms with Gasteiger partial charge in [0.15, 0.2) is 0 Å². The first-order valence-corrected chi connectivity index (χ1v) is 7.92. The van der Waals surface area contributed by atoms with Crippen molar-refractivity contribution in [3.63, 3.8) is 0 Å². The van der Waals surface area contributed by atoms with Gasteiger partial charge in [-0.2, -0.15) is 0 Å². The number of nitrogen functional groups attached to an aromatic ring is 1. The monoisotopic (exact) mass is 326 g/mol. The zero-order valence-corrected chi connectivity index (χ0v) is 13.1. The predicted molar refractivity (Wildman–Crippen MR) is 84.4 cm³/mol. The minimum absolute atomic E-state index is 0.0586. The lowest BCUT2D eigenvalue weighted by atomic mass is 10.2. The largest absolute Gasteiger partial charge is 0.497 e. The van der Waals surface area contributed by atoms with Crippen molar-refractivity contribution >= 4 is 33.0 Å². The lowest BCUT2D eigenvalue weighted by Gasteiger charge is -2.12. The molecule has 0 amide bonds. The molecule has 2 aromatic carbocycles. The summed E-state index contributed by atoms with van der Waals surface area (Å²) in [5.41, 5.74) is 6.97. The topological polar surface area (TPSA) is 81.4 Å². The summed E-state index contributed by atoms with van der Waals surface area (Å²) in [6, 6.07) is 9.44. The summed E-state index contributed by atoms with van der Waals surface area (Å²) in [5, 5.41) is 0.271. The number of ether oxygens (including phenoxy) is 1. The smallest absolute Gasteiger partial charge is 0.262 e. The SMILES string of the molecule is COc1ccc(NS(=O)(=O)c2cc(Cl)cc(N)c2C)cc1. The Morgan fingerprint density at radius 1 is 1.19 bits per heavy atom. The van der Waals surface area contributed by atoms with Crippen LogP contribution in [-0.4, -0.2) is 15.5 Å². The number of nitrogens with two attached hydrogens (primary N) is 1. The summed E-state index contributed by atoms with van der Waals surface area (Å²) < 4.78 is 32.4. The first kappa shape index (κ1) is 15.5. The van der Waals surface area contributed by atoms with Crippen molar-refractivity contribution in [2.24, 2.45) is 0 Å². The fraction of sp³-hybridized carbons (Fsp3) is 0.143. The molecule has 2 rings (SSSR count). The van der Waals surface area contributed by atoms with E-state index in [4.69, 9.17) is 22.1 Å². The second-order valence-corrected chi connectivity index (χ2v) is 6.54. The van der Waals surface area contributed by atoms with E-state index in [0.717, 1.165) is 0 Å². The molecule has 0 heterocycles. The highest BCUT2D eigenvalue weighted by atomic mass is 35.5. The number of nitrogens with one attached hydrogen (secondary N) is 1. The predicted octanol–water partition coefficient (Wildman–Crippen LogP) is 3.04. The summed E-state index contributed by atoms with van der Waals surface area (Å²) in [6.45, 7) is 1.63. The van der Waals surface area contributed by atoms with Gasteiger partial charge in [0.2, 0.25) is 0 Å². The van der Waals surface area contributed by atoms with Gasteiger partial charge in [0, 0.05) is 16.4 Å². The minimum Gasteiger partial charge on any atom is -0.497 e. The molecular weight excluding hydrogens is 312 g/mol. The normalized spacial score (nSPS) is 11.2. The first-order valence-electron chi connectivity index (χ1n) is 6.06. The van der Waals surface area contributed by atoms with E-state index in [1.54, 1.807) is 31.2 Å². The molecule has 0 spiro atoms. The molecule has 112 valence electrons. The molecule has 0 radical (unpaired) electrons. The third-order valence-corrected chi connectivity index (χ3v) is 4.72. The summed E-state index contributed by atoms with van der Waals surface area (Å²) in [6.07, 6.45) is 0. The molecule has 0 fully saturated rings. The maximum absolute atomic E-state index is 12.4. The summed E-state index contributed by atoms with van der Waals surface area (Å²) in [4.78, 5) is 0.0586. The average molecular weight is 327 g/mol. The highest BCUT2D eigenvalue weighted by molar-refractivity contribution is 7.92. The molecule has 0 saturated heterocycles. The molecule has 0 aromatic heterocycles. The Morgan fingerprint density at radius 2 is 1.81 bits per heavy atom. The second-order valence-electron chi connectivity index (χ2n) is 4.45. The third kappa shape index (κ3) is 3.40. The van der Waals surface area contributed by atoms with Gasteiger partial charge in [-0.1, -0.05) is 11.6 Å². The van der Waals surface area contributed by atoms with Crippen molar-refractivity contribution in [1.29, 1.82) is 0 Å². The molecule has 3 N–H and O–H groups in total. The van der Waals surface area contributed by atoms with Crippen LogP contribution >= 0.6 is 11.6 Å². The highest BCUT2D eigenvalue weighted by Crippen LogP contribution is 2.27. The fourth-order valence-corrected chi connectivity index (χ4v) is 3.47. The van der Waals surface area contributed by atoms with E-state index in [2.05, 4.69) is 4.72 Å². The van der Waals surface area contributed by atoms with Gasteiger partial charge in [-0.15, -0.1) is 0 Å². The molecule has 5 nitrogen and oxygen atoms in total. The maximum atomic E-state index is 12.4. The van der Waals surface area contributed by atoms with E-state index < -0.39 is 10.0 Å². The molecule has 0 aliphatic rings. The van der Waals surface area contributed by atoms with Gasteiger partial charge in [-0.25, -0.2) is 8.42 Å². The number of hydrogen-bond donors (Lipinski definition) is 2. The zero-order chi connectivity index (χ0) is 15.6. The Morgan fingerprint density at radius 3 is 2.38 bits per heavy atom. The number of rotatable bonds is 4. The molecule has 21 heavy (non-hydrogen) atoms. The van der Waals surface area contributed by atoms with Crippen LogP contribution in [-0.2, 0) is 10.0 Å². The van der Waals surface area contributed by atoms with Crippen LogP contribution in [0.2, 0.25) is 5.02 Å². The van der Waals surface area contributed by atoms with Crippen molar-refractivity contribution in [2.45, 2.75) is 11.8 Å². The summed E-state index contributed by atoms with van der Waals surface area (Å²) >= 11 is 5.88. The molecule has 2 aromatic rings. The molecule has 0 saturated carbocycles. The minimum atomic E-state index is -3.76. The summed E-state index contributed by atoms with van der Waals surface area (Å²) in [5.74, 6) is 0.640. The van der Waals surface area contributed by atoms with E-state index in [9.17, 15) is 8.42 Å². The van der Waals surface area contributed by atoms with Crippen LogP contribution in [0.25, 0.3) is 0 Å². The van der Waals surface area contributed by atoms with Gasteiger partial charge in [0.25, 0.3) is 10.0 Å². The number of hydrogen-bond acceptors (Lipinski definition) is 4. The number of benzene rings is 2. The second kappa shape index (κ2) is 5.83. The molecular formula is C14H15ClN2O3S. The Hall–Kier alpha value is -1.92.